The molecule has 7 heteroatoms. The van der Waals surface area contributed by atoms with Gasteiger partial charge in [-0.2, -0.15) is 0 Å². The van der Waals surface area contributed by atoms with Crippen LogP contribution in [0.5, 0.6) is 0 Å². The molecule has 0 spiro atoms. The first-order valence-corrected chi connectivity index (χ1v) is 12.8. The Bertz CT molecular complexity index is 938. The van der Waals surface area contributed by atoms with Gasteiger partial charge in [0.2, 0.25) is 0 Å². The van der Waals surface area contributed by atoms with Crippen LogP contribution in [0.1, 0.15) is 93.5 Å². The van der Waals surface area contributed by atoms with E-state index < -0.39 is 29.3 Å². The summed E-state index contributed by atoms with van der Waals surface area (Å²) in [5.74, 6) is -2.13. The van der Waals surface area contributed by atoms with Gasteiger partial charge in [0.05, 0.1) is 11.6 Å². The number of nitrogens with zero attached hydrogens (tertiary/aromatic N) is 1. The molecule has 1 aliphatic heterocycles. The number of hydrogen-bond acceptors (Lipinski definition) is 3. The monoisotopic (exact) mass is 474 g/mol. The van der Waals surface area contributed by atoms with E-state index in [1.54, 1.807) is 12.1 Å². The average molecular weight is 475 g/mol. The molecule has 186 valence electrons. The lowest BCUT2D eigenvalue weighted by Crippen LogP contribution is -2.48. The number of piperidine rings is 1. The molecular weight excluding hydrogens is 438 g/mol. The second kappa shape index (κ2) is 10.1. The van der Waals surface area contributed by atoms with Crippen LogP contribution >= 0.6 is 0 Å². The lowest BCUT2D eigenvalue weighted by Gasteiger charge is -2.34. The Morgan fingerprint density at radius 3 is 2.41 bits per heavy atom. The van der Waals surface area contributed by atoms with Gasteiger partial charge in [0.15, 0.2) is 11.5 Å². The first-order valence-electron chi connectivity index (χ1n) is 12.8. The van der Waals surface area contributed by atoms with Crippen LogP contribution in [-0.2, 0) is 9.59 Å². The number of likely N-dealkylation sites (tertiary alicyclic amines) is 1. The third-order valence-corrected chi connectivity index (χ3v) is 7.78. The molecule has 5 nitrogen and oxygen atoms in total. The largest absolute Gasteiger partial charge is 0.342 e. The zero-order chi connectivity index (χ0) is 24.5. The fourth-order valence-electron chi connectivity index (χ4n) is 5.53. The van der Waals surface area contributed by atoms with Gasteiger partial charge in [-0.3, -0.25) is 14.4 Å². The van der Waals surface area contributed by atoms with Gasteiger partial charge in [0, 0.05) is 24.9 Å². The van der Waals surface area contributed by atoms with E-state index in [2.05, 4.69) is 5.32 Å². The van der Waals surface area contributed by atoms with Gasteiger partial charge in [-0.15, -0.1) is 0 Å². The van der Waals surface area contributed by atoms with Crippen molar-refractivity contribution in [3.63, 3.8) is 0 Å². The van der Waals surface area contributed by atoms with Crippen LogP contribution in [0, 0.1) is 17.7 Å². The minimum Gasteiger partial charge on any atom is -0.342 e. The molecule has 1 heterocycles. The van der Waals surface area contributed by atoms with Crippen molar-refractivity contribution in [2.75, 3.05) is 13.1 Å². The molecule has 3 aliphatic rings. The minimum absolute atomic E-state index is 0.0153. The Morgan fingerprint density at radius 1 is 1.06 bits per heavy atom. The molecule has 2 amide bonds. The highest BCUT2D eigenvalue weighted by Crippen LogP contribution is 2.43. The number of ketones is 1. The average Bonchev–Trinajstić information content (AvgIpc) is 3.60. The van der Waals surface area contributed by atoms with Crippen LogP contribution in [-0.4, -0.2) is 47.3 Å². The number of rotatable bonds is 7. The maximum atomic E-state index is 15.6. The molecule has 1 N–H and O–H groups in total. The first-order chi connectivity index (χ1) is 16.2. The summed E-state index contributed by atoms with van der Waals surface area (Å²) in [5.41, 5.74) is -1.44. The Kier molecular flexibility index (Phi) is 7.39. The highest BCUT2D eigenvalue weighted by molar-refractivity contribution is 5.98. The van der Waals surface area contributed by atoms with Gasteiger partial charge in [-0.05, 0) is 56.1 Å². The zero-order valence-corrected chi connectivity index (χ0v) is 20.2. The molecule has 1 unspecified atom stereocenters. The van der Waals surface area contributed by atoms with Crippen LogP contribution in [0.15, 0.2) is 18.2 Å². The highest BCUT2D eigenvalue weighted by atomic mass is 19.1. The molecule has 0 bridgehead atoms. The summed E-state index contributed by atoms with van der Waals surface area (Å²) < 4.78 is 29.9. The van der Waals surface area contributed by atoms with Gasteiger partial charge in [0.1, 0.15) is 5.82 Å². The van der Waals surface area contributed by atoms with E-state index in [1.807, 2.05) is 13.8 Å². The van der Waals surface area contributed by atoms with E-state index in [4.69, 9.17) is 0 Å². The standard InChI is InChI=1S/C27H36F2N2O3/c1-17(2)24(32)23(18-8-4-3-5-9-18)30-25(33)21-12-6-11-20(22(21)28)19-10-7-15-31(16-19)26(34)27(29)13-14-27/h6,11-12,17-19,23H,3-5,7-10,13-16H2,1-2H3,(H,30,33)/t19?,23-/m1/s1. The normalized spacial score (nSPS) is 23.4. The molecule has 2 atom stereocenters. The van der Waals surface area contributed by atoms with Gasteiger partial charge in [-0.1, -0.05) is 45.2 Å². The second-order valence-electron chi connectivity index (χ2n) is 10.7. The second-order valence-corrected chi connectivity index (χ2v) is 10.7. The number of carbonyl (C=O) groups is 3. The summed E-state index contributed by atoms with van der Waals surface area (Å²) in [6.45, 7) is 4.38. The number of alkyl halides is 1. The molecule has 1 saturated heterocycles. The minimum atomic E-state index is -1.74. The first kappa shape index (κ1) is 24.8. The third-order valence-electron chi connectivity index (χ3n) is 7.78. The topological polar surface area (TPSA) is 66.5 Å². The van der Waals surface area contributed by atoms with Crippen molar-refractivity contribution in [3.05, 3.63) is 35.1 Å². The molecule has 1 aromatic carbocycles. The quantitative estimate of drug-likeness (QED) is 0.609. The number of hydrogen-bond donors (Lipinski definition) is 1. The number of halogens is 2. The van der Waals surface area contributed by atoms with E-state index in [9.17, 15) is 18.8 Å². The SMILES string of the molecule is CC(C)C(=O)[C@H](NC(=O)c1cccc(C2CCCN(C(=O)C3(F)CC3)C2)c1F)C1CCCCC1. The van der Waals surface area contributed by atoms with Crippen LogP contribution in [0.25, 0.3) is 0 Å². The highest BCUT2D eigenvalue weighted by Gasteiger charge is 2.53. The van der Waals surface area contributed by atoms with Crippen molar-refractivity contribution >= 4 is 17.6 Å². The summed E-state index contributed by atoms with van der Waals surface area (Å²) in [6, 6.07) is 4.12. The Labute approximate surface area is 200 Å². The fraction of sp³-hybridized carbons (Fsp3) is 0.667. The predicted molar refractivity (Wildman–Crippen MR) is 126 cm³/mol. The van der Waals surface area contributed by atoms with Crippen molar-refractivity contribution in [2.45, 2.75) is 89.3 Å². The molecular formula is C27H36F2N2O3. The molecule has 4 rings (SSSR count). The van der Waals surface area contributed by atoms with Crippen LogP contribution in [0.2, 0.25) is 0 Å². The zero-order valence-electron chi connectivity index (χ0n) is 20.2. The maximum absolute atomic E-state index is 15.6. The van der Waals surface area contributed by atoms with E-state index in [0.29, 0.717) is 24.9 Å². The maximum Gasteiger partial charge on any atom is 0.260 e. The number of benzene rings is 1. The Morgan fingerprint density at radius 2 is 1.76 bits per heavy atom. The smallest absolute Gasteiger partial charge is 0.260 e. The molecule has 0 aromatic heterocycles. The Hall–Kier alpha value is -2.31. The molecule has 3 fully saturated rings. The fourth-order valence-corrected chi connectivity index (χ4v) is 5.53. The Balaban J connectivity index is 1.51. The third kappa shape index (κ3) is 5.18. The van der Waals surface area contributed by atoms with Gasteiger partial charge < -0.3 is 10.2 Å². The van der Waals surface area contributed by atoms with Crippen molar-refractivity contribution < 1.29 is 23.2 Å². The van der Waals surface area contributed by atoms with Crippen LogP contribution in [0.4, 0.5) is 8.78 Å². The van der Waals surface area contributed by atoms with Crippen molar-refractivity contribution in [1.82, 2.24) is 10.2 Å². The van der Waals surface area contributed by atoms with E-state index in [0.717, 1.165) is 32.1 Å². The van der Waals surface area contributed by atoms with Crippen LogP contribution < -0.4 is 5.32 Å². The van der Waals surface area contributed by atoms with Crippen molar-refractivity contribution in [1.29, 1.82) is 0 Å². The molecule has 0 radical (unpaired) electrons. The lowest BCUT2D eigenvalue weighted by atomic mass is 9.80. The van der Waals surface area contributed by atoms with E-state index in [-0.39, 0.29) is 48.5 Å². The summed E-state index contributed by atoms with van der Waals surface area (Å²) in [6.07, 6.45) is 6.81. The van der Waals surface area contributed by atoms with E-state index in [1.165, 1.54) is 11.0 Å². The van der Waals surface area contributed by atoms with E-state index >= 15 is 4.39 Å². The van der Waals surface area contributed by atoms with Gasteiger partial charge >= 0.3 is 0 Å². The summed E-state index contributed by atoms with van der Waals surface area (Å²) in [7, 11) is 0. The molecule has 2 saturated carbocycles. The number of nitrogens with one attached hydrogen (secondary N) is 1. The predicted octanol–water partition coefficient (Wildman–Crippen LogP) is 4.94. The van der Waals surface area contributed by atoms with Crippen LogP contribution in [0.3, 0.4) is 0 Å². The molecule has 2 aliphatic carbocycles. The summed E-state index contributed by atoms with van der Waals surface area (Å²) in [5, 5.41) is 2.87. The number of amides is 2. The summed E-state index contributed by atoms with van der Waals surface area (Å²) >= 11 is 0. The molecule has 1 aromatic rings. The van der Waals surface area contributed by atoms with Gasteiger partial charge in [0.25, 0.3) is 11.8 Å². The van der Waals surface area contributed by atoms with Crippen molar-refractivity contribution in [2.24, 2.45) is 11.8 Å². The number of carbonyl (C=O) groups excluding carboxylic acids is 3. The van der Waals surface area contributed by atoms with Crippen molar-refractivity contribution in [3.8, 4) is 0 Å². The lowest BCUT2D eigenvalue weighted by molar-refractivity contribution is -0.139. The summed E-state index contributed by atoms with van der Waals surface area (Å²) in [4.78, 5) is 40.1. The van der Waals surface area contributed by atoms with Gasteiger partial charge in [-0.25, -0.2) is 8.78 Å². The number of Topliss-reactive ketones (excluding diaryl/α,β-unsaturated/α-hetero) is 1. The molecule has 34 heavy (non-hydrogen) atoms.